The maximum absolute atomic E-state index is 6.01. The van der Waals surface area contributed by atoms with Crippen molar-refractivity contribution < 1.29 is 4.74 Å². The Hall–Kier alpha value is -0.450. The normalized spacial score (nSPS) is 18.4. The highest BCUT2D eigenvalue weighted by Gasteiger charge is 2.37. The highest BCUT2D eigenvalue weighted by Crippen LogP contribution is 2.36. The van der Waals surface area contributed by atoms with Crippen LogP contribution < -0.4 is 5.73 Å². The highest BCUT2D eigenvalue weighted by molar-refractivity contribution is 7.09. The summed E-state index contributed by atoms with van der Waals surface area (Å²) in [7, 11) is 1.69. The fourth-order valence-electron chi connectivity index (χ4n) is 1.44. The van der Waals surface area contributed by atoms with E-state index in [2.05, 4.69) is 10.4 Å². The number of methoxy groups -OCH3 is 1. The Morgan fingerprint density at radius 1 is 1.64 bits per heavy atom. The number of hydrogen-bond donors (Lipinski definition) is 1. The minimum Gasteiger partial charge on any atom is -0.378 e. The van der Waals surface area contributed by atoms with Crippen LogP contribution in [0.2, 0.25) is 0 Å². The number of aryl methyl sites for hydroxylation is 1. The number of nitrogens with two attached hydrogens (primary N) is 1. The molecule has 0 radical (unpaired) electrons. The number of thiazole rings is 1. The molecule has 0 atom stereocenters. The van der Waals surface area contributed by atoms with Gasteiger partial charge in [0, 0.05) is 18.0 Å². The van der Waals surface area contributed by atoms with E-state index in [0.29, 0.717) is 6.61 Å². The zero-order chi connectivity index (χ0) is 10.0. The van der Waals surface area contributed by atoms with Crippen molar-refractivity contribution in [2.45, 2.75) is 37.8 Å². The number of rotatable bonds is 5. The zero-order valence-corrected chi connectivity index (χ0v) is 9.27. The van der Waals surface area contributed by atoms with E-state index >= 15 is 0 Å². The molecule has 0 saturated heterocycles. The third-order valence-electron chi connectivity index (χ3n) is 2.64. The Balaban J connectivity index is 1.83. The van der Waals surface area contributed by atoms with Gasteiger partial charge in [0.05, 0.1) is 12.3 Å². The monoisotopic (exact) mass is 212 g/mol. The van der Waals surface area contributed by atoms with Gasteiger partial charge in [0.15, 0.2) is 0 Å². The summed E-state index contributed by atoms with van der Waals surface area (Å²) in [6, 6.07) is 0. The number of ether oxygens (including phenoxy) is 1. The first-order chi connectivity index (χ1) is 6.72. The molecule has 14 heavy (non-hydrogen) atoms. The highest BCUT2D eigenvalue weighted by atomic mass is 32.1. The maximum Gasteiger partial charge on any atom is 0.119 e. The first kappa shape index (κ1) is 10.1. The quantitative estimate of drug-likeness (QED) is 0.808. The van der Waals surface area contributed by atoms with Crippen LogP contribution in [0, 0.1) is 0 Å². The van der Waals surface area contributed by atoms with Crippen molar-refractivity contribution in [2.75, 3.05) is 7.11 Å². The van der Waals surface area contributed by atoms with Gasteiger partial charge in [0.1, 0.15) is 5.01 Å². The second kappa shape index (κ2) is 3.96. The molecule has 1 aromatic rings. The molecule has 1 aliphatic rings. The molecule has 1 saturated carbocycles. The average Bonchev–Trinajstić information content (AvgIpc) is 2.74. The molecule has 0 unspecified atom stereocenters. The van der Waals surface area contributed by atoms with Crippen LogP contribution in [0.3, 0.4) is 0 Å². The molecule has 1 heterocycles. The largest absolute Gasteiger partial charge is 0.378 e. The predicted octanol–water partition coefficient (Wildman–Crippen LogP) is 1.71. The van der Waals surface area contributed by atoms with Gasteiger partial charge in [-0.2, -0.15) is 0 Å². The van der Waals surface area contributed by atoms with E-state index in [0.717, 1.165) is 17.8 Å². The van der Waals surface area contributed by atoms with E-state index < -0.39 is 0 Å². The van der Waals surface area contributed by atoms with Crippen LogP contribution in [0.5, 0.6) is 0 Å². The third kappa shape index (κ3) is 2.53. The fraction of sp³-hybridized carbons (Fsp3) is 0.700. The lowest BCUT2D eigenvalue weighted by Crippen LogP contribution is -2.22. The SMILES string of the molecule is COCc1nc(CCC2(N)CC2)cs1. The first-order valence-corrected chi connectivity index (χ1v) is 5.81. The first-order valence-electron chi connectivity index (χ1n) is 4.93. The minimum absolute atomic E-state index is 0.144. The summed E-state index contributed by atoms with van der Waals surface area (Å²) in [5, 5.41) is 3.17. The van der Waals surface area contributed by atoms with Gasteiger partial charge in [0.25, 0.3) is 0 Å². The summed E-state index contributed by atoms with van der Waals surface area (Å²) in [6.07, 6.45) is 4.45. The number of nitrogens with zero attached hydrogens (tertiary/aromatic N) is 1. The van der Waals surface area contributed by atoms with Gasteiger partial charge in [-0.1, -0.05) is 0 Å². The molecular formula is C10H16N2OS. The smallest absolute Gasteiger partial charge is 0.119 e. The minimum atomic E-state index is 0.144. The fourth-order valence-corrected chi connectivity index (χ4v) is 2.24. The standard InChI is InChI=1S/C10H16N2OS/c1-13-6-9-12-8(7-14-9)2-3-10(11)4-5-10/h7H,2-6,11H2,1H3. The molecule has 4 heteroatoms. The van der Waals surface area contributed by atoms with Crippen LogP contribution >= 0.6 is 11.3 Å². The van der Waals surface area contributed by atoms with Gasteiger partial charge in [-0.25, -0.2) is 4.98 Å². The lowest BCUT2D eigenvalue weighted by Gasteiger charge is -2.05. The third-order valence-corrected chi connectivity index (χ3v) is 3.51. The lowest BCUT2D eigenvalue weighted by atomic mass is 10.1. The summed E-state index contributed by atoms with van der Waals surface area (Å²) < 4.78 is 5.02. The summed E-state index contributed by atoms with van der Waals surface area (Å²) in [4.78, 5) is 4.47. The zero-order valence-electron chi connectivity index (χ0n) is 8.45. The van der Waals surface area contributed by atoms with E-state index in [1.807, 2.05) is 0 Å². The molecule has 0 spiro atoms. The van der Waals surface area contributed by atoms with Gasteiger partial charge >= 0.3 is 0 Å². The Labute approximate surface area is 88.3 Å². The molecule has 2 N–H and O–H groups in total. The lowest BCUT2D eigenvalue weighted by molar-refractivity contribution is 0.184. The van der Waals surface area contributed by atoms with Gasteiger partial charge in [-0.15, -0.1) is 11.3 Å². The molecule has 1 aromatic heterocycles. The van der Waals surface area contributed by atoms with Crippen molar-refractivity contribution in [1.29, 1.82) is 0 Å². The van der Waals surface area contributed by atoms with Crippen molar-refractivity contribution in [3.63, 3.8) is 0 Å². The molecule has 0 aromatic carbocycles. The second-order valence-corrected chi connectivity index (χ2v) is 4.97. The summed E-state index contributed by atoms with van der Waals surface area (Å²) in [5.74, 6) is 0. The van der Waals surface area contributed by atoms with E-state index in [-0.39, 0.29) is 5.54 Å². The Morgan fingerprint density at radius 2 is 2.43 bits per heavy atom. The van der Waals surface area contributed by atoms with E-state index in [1.165, 1.54) is 18.5 Å². The van der Waals surface area contributed by atoms with Gasteiger partial charge in [-0.05, 0) is 25.7 Å². The van der Waals surface area contributed by atoms with E-state index in [4.69, 9.17) is 10.5 Å². The maximum atomic E-state index is 6.01. The molecule has 0 bridgehead atoms. The van der Waals surface area contributed by atoms with Crippen molar-refractivity contribution in [1.82, 2.24) is 4.98 Å². The van der Waals surface area contributed by atoms with Crippen LogP contribution in [-0.4, -0.2) is 17.6 Å². The average molecular weight is 212 g/mol. The van der Waals surface area contributed by atoms with Crippen LogP contribution in [0.15, 0.2) is 5.38 Å². The van der Waals surface area contributed by atoms with Gasteiger partial charge in [-0.3, -0.25) is 0 Å². The summed E-state index contributed by atoms with van der Waals surface area (Å²) in [5.41, 5.74) is 7.32. The van der Waals surface area contributed by atoms with Gasteiger partial charge < -0.3 is 10.5 Å². The van der Waals surface area contributed by atoms with Gasteiger partial charge in [0.2, 0.25) is 0 Å². The van der Waals surface area contributed by atoms with E-state index in [9.17, 15) is 0 Å². The molecule has 0 amide bonds. The van der Waals surface area contributed by atoms with Crippen LogP contribution in [0.4, 0.5) is 0 Å². The summed E-state index contributed by atoms with van der Waals surface area (Å²) >= 11 is 1.67. The molecule has 2 rings (SSSR count). The van der Waals surface area contributed by atoms with Crippen molar-refractivity contribution >= 4 is 11.3 Å². The predicted molar refractivity (Wildman–Crippen MR) is 57.3 cm³/mol. The van der Waals surface area contributed by atoms with Crippen LogP contribution in [0.1, 0.15) is 30.0 Å². The Morgan fingerprint density at radius 3 is 3.07 bits per heavy atom. The van der Waals surface area contributed by atoms with E-state index in [1.54, 1.807) is 18.4 Å². The molecule has 1 aliphatic carbocycles. The number of hydrogen-bond acceptors (Lipinski definition) is 4. The van der Waals surface area contributed by atoms with Crippen LogP contribution in [0.25, 0.3) is 0 Å². The molecule has 1 fully saturated rings. The second-order valence-electron chi connectivity index (χ2n) is 4.03. The number of aromatic nitrogens is 1. The Kier molecular flexibility index (Phi) is 2.85. The van der Waals surface area contributed by atoms with Crippen molar-refractivity contribution in [3.05, 3.63) is 16.1 Å². The molecule has 3 nitrogen and oxygen atoms in total. The molecule has 78 valence electrons. The topological polar surface area (TPSA) is 48.1 Å². The summed E-state index contributed by atoms with van der Waals surface area (Å²) in [6.45, 7) is 0.623. The Bertz CT molecular complexity index is 307. The molecule has 0 aliphatic heterocycles. The van der Waals surface area contributed by atoms with Crippen molar-refractivity contribution in [2.24, 2.45) is 5.73 Å². The van der Waals surface area contributed by atoms with Crippen molar-refractivity contribution in [3.8, 4) is 0 Å². The van der Waals surface area contributed by atoms with Crippen LogP contribution in [-0.2, 0) is 17.8 Å². The molecular weight excluding hydrogens is 196 g/mol.